The van der Waals surface area contributed by atoms with Gasteiger partial charge in [0.1, 0.15) is 5.75 Å². The van der Waals surface area contributed by atoms with Crippen molar-refractivity contribution in [2.75, 3.05) is 12.4 Å². The van der Waals surface area contributed by atoms with Gasteiger partial charge in [-0.1, -0.05) is 48.2 Å². The average Bonchev–Trinajstić information content (AvgIpc) is 3.11. The maximum atomic E-state index is 12.5. The normalized spacial score (nSPS) is 11.6. The SMILES string of the molecule is C=CCn1c(S[C@@H](C)C(=O)Nc2ccccc2)nnc1-c1ccccc1OC. The van der Waals surface area contributed by atoms with Crippen LogP contribution in [0.1, 0.15) is 6.92 Å². The summed E-state index contributed by atoms with van der Waals surface area (Å²) in [6, 6.07) is 17.0. The van der Waals surface area contributed by atoms with Crippen molar-refractivity contribution < 1.29 is 9.53 Å². The topological polar surface area (TPSA) is 69.0 Å². The van der Waals surface area contributed by atoms with Crippen LogP contribution in [0.15, 0.2) is 72.4 Å². The van der Waals surface area contributed by atoms with Gasteiger partial charge in [0.15, 0.2) is 11.0 Å². The molecule has 0 aliphatic carbocycles. The van der Waals surface area contributed by atoms with Gasteiger partial charge in [0, 0.05) is 12.2 Å². The van der Waals surface area contributed by atoms with Gasteiger partial charge in [-0.3, -0.25) is 9.36 Å². The van der Waals surface area contributed by atoms with Crippen LogP contribution in [0.25, 0.3) is 11.4 Å². The standard InChI is InChI=1S/C21H22N4O2S/c1-4-14-25-19(17-12-8-9-13-18(17)27-3)23-24-21(25)28-15(2)20(26)22-16-10-6-5-7-11-16/h4-13,15H,1,14H2,2-3H3,(H,22,26)/t15-/m0/s1. The molecule has 1 N–H and O–H groups in total. The molecule has 0 unspecified atom stereocenters. The first kappa shape index (κ1) is 19.7. The first-order chi connectivity index (χ1) is 13.6. The van der Waals surface area contributed by atoms with Crippen LogP contribution in [0.2, 0.25) is 0 Å². The van der Waals surface area contributed by atoms with Crippen LogP contribution in [-0.4, -0.2) is 33.0 Å². The Balaban J connectivity index is 1.83. The van der Waals surface area contributed by atoms with Gasteiger partial charge < -0.3 is 10.1 Å². The lowest BCUT2D eigenvalue weighted by Gasteiger charge is -2.13. The van der Waals surface area contributed by atoms with E-state index in [0.717, 1.165) is 11.3 Å². The number of hydrogen-bond acceptors (Lipinski definition) is 5. The lowest BCUT2D eigenvalue weighted by molar-refractivity contribution is -0.115. The molecule has 0 radical (unpaired) electrons. The predicted molar refractivity (Wildman–Crippen MR) is 113 cm³/mol. The zero-order valence-electron chi connectivity index (χ0n) is 15.8. The summed E-state index contributed by atoms with van der Waals surface area (Å²) in [6.45, 7) is 6.20. The first-order valence-corrected chi connectivity index (χ1v) is 9.72. The number of aromatic nitrogens is 3. The molecule has 1 heterocycles. The van der Waals surface area contributed by atoms with Gasteiger partial charge in [-0.05, 0) is 31.2 Å². The summed E-state index contributed by atoms with van der Waals surface area (Å²) in [5, 5.41) is 11.9. The predicted octanol–water partition coefficient (Wildman–Crippen LogP) is 4.26. The van der Waals surface area contributed by atoms with Crippen LogP contribution in [0.4, 0.5) is 5.69 Å². The van der Waals surface area contributed by atoms with Gasteiger partial charge in [0.05, 0.1) is 17.9 Å². The van der Waals surface area contributed by atoms with Crippen LogP contribution < -0.4 is 10.1 Å². The van der Waals surface area contributed by atoms with Crippen LogP contribution in [0.5, 0.6) is 5.75 Å². The van der Waals surface area contributed by atoms with Crippen molar-refractivity contribution in [3.05, 3.63) is 67.3 Å². The highest BCUT2D eigenvalue weighted by Crippen LogP contribution is 2.32. The molecule has 3 rings (SSSR count). The number of ether oxygens (including phenoxy) is 1. The first-order valence-electron chi connectivity index (χ1n) is 8.84. The minimum Gasteiger partial charge on any atom is -0.496 e. The van der Waals surface area contributed by atoms with Crippen molar-refractivity contribution in [2.45, 2.75) is 23.9 Å². The molecule has 144 valence electrons. The number of benzene rings is 2. The van der Waals surface area contributed by atoms with E-state index in [1.165, 1.54) is 11.8 Å². The van der Waals surface area contributed by atoms with E-state index in [0.29, 0.717) is 23.3 Å². The fourth-order valence-corrected chi connectivity index (χ4v) is 3.53. The second-order valence-corrected chi connectivity index (χ2v) is 7.33. The van der Waals surface area contributed by atoms with Gasteiger partial charge >= 0.3 is 0 Å². The lowest BCUT2D eigenvalue weighted by Crippen LogP contribution is -2.22. The number of carbonyl (C=O) groups excluding carboxylic acids is 1. The third-order valence-electron chi connectivity index (χ3n) is 4.07. The van der Waals surface area contributed by atoms with Gasteiger partial charge in [0.25, 0.3) is 0 Å². The number of hydrogen-bond donors (Lipinski definition) is 1. The van der Waals surface area contributed by atoms with E-state index in [1.807, 2.05) is 66.1 Å². The summed E-state index contributed by atoms with van der Waals surface area (Å²) in [5.74, 6) is 1.30. The van der Waals surface area contributed by atoms with E-state index in [2.05, 4.69) is 22.1 Å². The summed E-state index contributed by atoms with van der Waals surface area (Å²) in [4.78, 5) is 12.5. The van der Waals surface area contributed by atoms with Crippen molar-refractivity contribution in [2.24, 2.45) is 0 Å². The maximum absolute atomic E-state index is 12.5. The molecular formula is C21H22N4O2S. The summed E-state index contributed by atoms with van der Waals surface area (Å²) >= 11 is 1.36. The van der Waals surface area contributed by atoms with Crippen LogP contribution in [-0.2, 0) is 11.3 Å². The molecule has 0 fully saturated rings. The zero-order chi connectivity index (χ0) is 19.9. The molecule has 0 bridgehead atoms. The molecule has 1 aromatic heterocycles. The molecular weight excluding hydrogens is 372 g/mol. The fraction of sp³-hybridized carbons (Fsp3) is 0.190. The number of rotatable bonds is 8. The average molecular weight is 395 g/mol. The number of carbonyl (C=O) groups is 1. The number of amides is 1. The van der Waals surface area contributed by atoms with Gasteiger partial charge in [-0.15, -0.1) is 16.8 Å². The number of nitrogens with one attached hydrogen (secondary N) is 1. The molecule has 1 atom stereocenters. The Morgan fingerprint density at radius 3 is 2.64 bits per heavy atom. The quantitative estimate of drug-likeness (QED) is 0.457. The monoisotopic (exact) mass is 394 g/mol. The Kier molecular flexibility index (Phi) is 6.49. The van der Waals surface area contributed by atoms with E-state index >= 15 is 0 Å². The van der Waals surface area contributed by atoms with Crippen molar-refractivity contribution in [1.29, 1.82) is 0 Å². The largest absolute Gasteiger partial charge is 0.496 e. The molecule has 0 aliphatic heterocycles. The molecule has 6 nitrogen and oxygen atoms in total. The maximum Gasteiger partial charge on any atom is 0.237 e. The highest BCUT2D eigenvalue weighted by atomic mass is 32.2. The van der Waals surface area contributed by atoms with E-state index in [4.69, 9.17) is 4.74 Å². The molecule has 2 aromatic carbocycles. The van der Waals surface area contributed by atoms with Crippen LogP contribution in [0.3, 0.4) is 0 Å². The number of allylic oxidation sites excluding steroid dienone is 1. The van der Waals surface area contributed by atoms with E-state index < -0.39 is 0 Å². The van der Waals surface area contributed by atoms with Crippen molar-refractivity contribution in [3.8, 4) is 17.1 Å². The minimum atomic E-state index is -0.349. The Morgan fingerprint density at radius 1 is 1.21 bits per heavy atom. The molecule has 0 saturated carbocycles. The summed E-state index contributed by atoms with van der Waals surface area (Å²) in [7, 11) is 1.62. The molecule has 7 heteroatoms. The summed E-state index contributed by atoms with van der Waals surface area (Å²) in [6.07, 6.45) is 1.78. The van der Waals surface area contributed by atoms with Crippen molar-refractivity contribution in [3.63, 3.8) is 0 Å². The molecule has 3 aromatic rings. The van der Waals surface area contributed by atoms with Gasteiger partial charge in [-0.25, -0.2) is 0 Å². The van der Waals surface area contributed by atoms with Crippen molar-refractivity contribution in [1.82, 2.24) is 14.8 Å². The molecule has 28 heavy (non-hydrogen) atoms. The van der Waals surface area contributed by atoms with Crippen molar-refractivity contribution >= 4 is 23.4 Å². The Labute approximate surface area is 168 Å². The lowest BCUT2D eigenvalue weighted by atomic mass is 10.2. The number of methoxy groups -OCH3 is 1. The summed E-state index contributed by atoms with van der Waals surface area (Å²) < 4.78 is 7.38. The Morgan fingerprint density at radius 2 is 1.93 bits per heavy atom. The highest BCUT2D eigenvalue weighted by Gasteiger charge is 2.21. The molecule has 0 aliphatic rings. The smallest absolute Gasteiger partial charge is 0.237 e. The Hall–Kier alpha value is -3.06. The highest BCUT2D eigenvalue weighted by molar-refractivity contribution is 8.00. The number of anilines is 1. The number of nitrogens with zero attached hydrogens (tertiary/aromatic N) is 3. The number of thioether (sulfide) groups is 1. The zero-order valence-corrected chi connectivity index (χ0v) is 16.6. The van der Waals surface area contributed by atoms with E-state index in [-0.39, 0.29) is 11.2 Å². The molecule has 1 amide bonds. The van der Waals surface area contributed by atoms with Crippen LogP contribution >= 0.6 is 11.8 Å². The van der Waals surface area contributed by atoms with Gasteiger partial charge in [0.2, 0.25) is 5.91 Å². The minimum absolute atomic E-state index is 0.0943. The third kappa shape index (κ3) is 4.43. The molecule has 0 spiro atoms. The fourth-order valence-electron chi connectivity index (χ4n) is 2.68. The number of para-hydroxylation sites is 2. The van der Waals surface area contributed by atoms with E-state index in [9.17, 15) is 4.79 Å². The Bertz CT molecular complexity index is 956. The third-order valence-corrected chi connectivity index (χ3v) is 5.15. The van der Waals surface area contributed by atoms with E-state index in [1.54, 1.807) is 13.2 Å². The molecule has 0 saturated heterocycles. The second kappa shape index (κ2) is 9.23. The van der Waals surface area contributed by atoms with Crippen LogP contribution in [0, 0.1) is 0 Å². The second-order valence-electron chi connectivity index (χ2n) is 6.02. The van der Waals surface area contributed by atoms with Gasteiger partial charge in [-0.2, -0.15) is 0 Å². The summed E-state index contributed by atoms with van der Waals surface area (Å²) in [5.41, 5.74) is 1.61.